The molecule has 3 amide bonds. The second-order valence-electron chi connectivity index (χ2n) is 11.5. The van der Waals surface area contributed by atoms with Crippen LogP contribution in [0.1, 0.15) is 58.8 Å². The van der Waals surface area contributed by atoms with Crippen LogP contribution in [0.3, 0.4) is 0 Å². The van der Waals surface area contributed by atoms with Gasteiger partial charge in [0.1, 0.15) is 11.6 Å². The SMILES string of the molecule is CCCN(CCC)CCN1C(=O)[C@@H]2C(C(=O)Nc3ccc(Cl)c(Cl)c3)[C@@H]3C=CC2(O3)C1C(=O)NC1CCCCC1. The Labute approximate surface area is 246 Å². The number of nitrogens with one attached hydrogen (secondary N) is 2. The first kappa shape index (κ1) is 29.4. The molecule has 218 valence electrons. The summed E-state index contributed by atoms with van der Waals surface area (Å²) in [5.74, 6) is -2.25. The minimum Gasteiger partial charge on any atom is -0.359 e. The van der Waals surface area contributed by atoms with Gasteiger partial charge in [0.15, 0.2) is 0 Å². The van der Waals surface area contributed by atoms with Gasteiger partial charge in [-0.25, -0.2) is 0 Å². The molecule has 2 saturated heterocycles. The van der Waals surface area contributed by atoms with Crippen molar-refractivity contribution in [3.05, 3.63) is 40.4 Å². The van der Waals surface area contributed by atoms with Gasteiger partial charge in [-0.1, -0.05) is 68.5 Å². The van der Waals surface area contributed by atoms with E-state index in [-0.39, 0.29) is 23.8 Å². The first-order chi connectivity index (χ1) is 19.3. The number of hydrogen-bond acceptors (Lipinski definition) is 5. The van der Waals surface area contributed by atoms with E-state index in [4.69, 9.17) is 27.9 Å². The third kappa shape index (κ3) is 5.52. The van der Waals surface area contributed by atoms with Gasteiger partial charge in [-0.3, -0.25) is 14.4 Å². The molecule has 3 unspecified atom stereocenters. The van der Waals surface area contributed by atoms with Gasteiger partial charge in [0.25, 0.3) is 0 Å². The van der Waals surface area contributed by atoms with Crippen LogP contribution in [0.25, 0.3) is 0 Å². The normalized spacial score (nSPS) is 29.3. The summed E-state index contributed by atoms with van der Waals surface area (Å²) < 4.78 is 6.47. The molecule has 1 aromatic rings. The van der Waals surface area contributed by atoms with E-state index in [0.29, 0.717) is 28.8 Å². The number of ether oxygens (including phenoxy) is 1. The largest absolute Gasteiger partial charge is 0.359 e. The predicted octanol–water partition coefficient (Wildman–Crippen LogP) is 4.65. The van der Waals surface area contributed by atoms with Crippen molar-refractivity contribution in [1.82, 2.24) is 15.1 Å². The molecular weight excluding hydrogens is 551 g/mol. The average molecular weight is 592 g/mol. The van der Waals surface area contributed by atoms with Crippen LogP contribution in [-0.4, -0.2) is 77.5 Å². The molecular formula is C30H40Cl2N4O4. The number of amides is 3. The number of anilines is 1. The smallest absolute Gasteiger partial charge is 0.246 e. The predicted molar refractivity (Wildman–Crippen MR) is 156 cm³/mol. The van der Waals surface area contributed by atoms with Crippen molar-refractivity contribution in [2.24, 2.45) is 11.8 Å². The third-order valence-corrected chi connectivity index (χ3v) is 9.54. The minimum absolute atomic E-state index is 0.0988. The topological polar surface area (TPSA) is 91.0 Å². The van der Waals surface area contributed by atoms with Crippen LogP contribution in [0, 0.1) is 11.8 Å². The van der Waals surface area contributed by atoms with Gasteiger partial charge in [0.2, 0.25) is 17.7 Å². The average Bonchev–Trinajstić information content (AvgIpc) is 3.57. The van der Waals surface area contributed by atoms with Gasteiger partial charge in [-0.2, -0.15) is 0 Å². The van der Waals surface area contributed by atoms with Crippen molar-refractivity contribution in [3.63, 3.8) is 0 Å². The van der Waals surface area contributed by atoms with Crippen LogP contribution < -0.4 is 10.6 Å². The molecule has 1 aromatic carbocycles. The Morgan fingerprint density at radius 2 is 1.77 bits per heavy atom. The van der Waals surface area contributed by atoms with Crippen LogP contribution in [-0.2, 0) is 19.1 Å². The summed E-state index contributed by atoms with van der Waals surface area (Å²) in [5.41, 5.74) is -0.676. The van der Waals surface area contributed by atoms with Crippen LogP contribution in [0.15, 0.2) is 30.4 Å². The van der Waals surface area contributed by atoms with Crippen molar-refractivity contribution >= 4 is 46.6 Å². The molecule has 2 bridgehead atoms. The highest BCUT2D eigenvalue weighted by molar-refractivity contribution is 6.42. The standard InChI is InChI=1S/C30H40Cl2N4O4/c1-3-14-35(15-4-2)16-17-36-26(28(38)33-19-8-6-5-7-9-19)30-13-12-23(40-30)24(25(30)29(36)39)27(37)34-20-10-11-21(31)22(32)18-20/h10-13,18-19,23-26H,3-9,14-17H2,1-2H3,(H,33,38)(H,34,37)/t23-,24?,25-,26?,30?/m0/s1. The molecule has 10 heteroatoms. The maximum Gasteiger partial charge on any atom is 0.246 e. The van der Waals surface area contributed by atoms with Gasteiger partial charge in [-0.05, 0) is 57.0 Å². The van der Waals surface area contributed by atoms with E-state index < -0.39 is 29.6 Å². The van der Waals surface area contributed by atoms with E-state index in [0.717, 1.165) is 51.6 Å². The number of carbonyl (C=O) groups is 3. The first-order valence-electron chi connectivity index (χ1n) is 14.7. The molecule has 1 saturated carbocycles. The lowest BCUT2D eigenvalue weighted by molar-refractivity contribution is -0.141. The minimum atomic E-state index is -1.17. The van der Waals surface area contributed by atoms with E-state index in [1.54, 1.807) is 23.1 Å². The summed E-state index contributed by atoms with van der Waals surface area (Å²) in [5, 5.41) is 6.86. The Balaban J connectivity index is 1.41. The zero-order valence-corrected chi connectivity index (χ0v) is 24.8. The van der Waals surface area contributed by atoms with E-state index in [2.05, 4.69) is 29.4 Å². The fraction of sp³-hybridized carbons (Fsp3) is 0.633. The van der Waals surface area contributed by atoms with Crippen molar-refractivity contribution in [2.75, 3.05) is 31.5 Å². The Hall–Kier alpha value is -2.13. The number of likely N-dealkylation sites (tertiary alicyclic amines) is 1. The third-order valence-electron chi connectivity index (χ3n) is 8.80. The van der Waals surface area contributed by atoms with Crippen molar-refractivity contribution < 1.29 is 19.1 Å². The quantitative estimate of drug-likeness (QED) is 0.366. The second kappa shape index (κ2) is 12.4. The zero-order chi connectivity index (χ0) is 28.4. The Kier molecular flexibility index (Phi) is 9.10. The molecule has 40 heavy (non-hydrogen) atoms. The highest BCUT2D eigenvalue weighted by Crippen LogP contribution is 2.55. The van der Waals surface area contributed by atoms with Gasteiger partial charge in [-0.15, -0.1) is 0 Å². The molecule has 5 atom stereocenters. The number of fused-ring (bicyclic) bond motifs is 1. The van der Waals surface area contributed by atoms with Crippen LogP contribution in [0.5, 0.6) is 0 Å². The van der Waals surface area contributed by atoms with Crippen LogP contribution >= 0.6 is 23.2 Å². The number of nitrogens with zero attached hydrogens (tertiary/aromatic N) is 2. The summed E-state index contributed by atoms with van der Waals surface area (Å²) in [6, 6.07) is 4.15. The van der Waals surface area contributed by atoms with Crippen molar-refractivity contribution in [3.8, 4) is 0 Å². The molecule has 0 aromatic heterocycles. The number of rotatable bonds is 11. The summed E-state index contributed by atoms with van der Waals surface area (Å²) in [4.78, 5) is 45.8. The maximum absolute atomic E-state index is 14.2. The fourth-order valence-electron chi connectivity index (χ4n) is 7.05. The molecule has 1 aliphatic carbocycles. The second-order valence-corrected chi connectivity index (χ2v) is 12.4. The van der Waals surface area contributed by atoms with E-state index in [9.17, 15) is 14.4 Å². The molecule has 5 rings (SSSR count). The van der Waals surface area contributed by atoms with Crippen LogP contribution in [0.2, 0.25) is 10.0 Å². The Morgan fingerprint density at radius 3 is 2.45 bits per heavy atom. The number of benzene rings is 1. The molecule has 3 heterocycles. The first-order valence-corrected chi connectivity index (χ1v) is 15.5. The van der Waals surface area contributed by atoms with Crippen molar-refractivity contribution in [2.45, 2.75) is 82.6 Å². The van der Waals surface area contributed by atoms with E-state index >= 15 is 0 Å². The maximum atomic E-state index is 14.2. The fourth-order valence-corrected chi connectivity index (χ4v) is 7.35. The highest BCUT2D eigenvalue weighted by atomic mass is 35.5. The molecule has 0 radical (unpaired) electrons. The van der Waals surface area contributed by atoms with E-state index in [1.807, 2.05) is 12.2 Å². The molecule has 8 nitrogen and oxygen atoms in total. The Bertz CT molecular complexity index is 1150. The molecule has 3 aliphatic heterocycles. The lowest BCUT2D eigenvalue weighted by Crippen LogP contribution is -2.57. The lowest BCUT2D eigenvalue weighted by atomic mass is 9.74. The number of hydrogen-bond donors (Lipinski definition) is 2. The summed E-state index contributed by atoms with van der Waals surface area (Å²) in [6.07, 6.45) is 10.4. The summed E-state index contributed by atoms with van der Waals surface area (Å²) in [6.45, 7) is 7.20. The van der Waals surface area contributed by atoms with Gasteiger partial charge >= 0.3 is 0 Å². The van der Waals surface area contributed by atoms with Gasteiger partial charge < -0.3 is 25.2 Å². The molecule has 4 aliphatic rings. The lowest BCUT2D eigenvalue weighted by Gasteiger charge is -2.35. The summed E-state index contributed by atoms with van der Waals surface area (Å²) in [7, 11) is 0. The van der Waals surface area contributed by atoms with Gasteiger partial charge in [0.05, 0.1) is 28.0 Å². The molecule has 2 N–H and O–H groups in total. The number of carbonyl (C=O) groups excluding carboxylic acids is 3. The monoisotopic (exact) mass is 590 g/mol. The zero-order valence-electron chi connectivity index (χ0n) is 23.3. The van der Waals surface area contributed by atoms with Crippen molar-refractivity contribution in [1.29, 1.82) is 0 Å². The van der Waals surface area contributed by atoms with Crippen LogP contribution in [0.4, 0.5) is 5.69 Å². The Morgan fingerprint density at radius 1 is 1.05 bits per heavy atom. The van der Waals surface area contributed by atoms with E-state index in [1.165, 1.54) is 6.42 Å². The highest BCUT2D eigenvalue weighted by Gasteiger charge is 2.72. The van der Waals surface area contributed by atoms with Gasteiger partial charge in [0, 0.05) is 24.8 Å². The molecule has 1 spiro atoms. The summed E-state index contributed by atoms with van der Waals surface area (Å²) >= 11 is 12.2. The number of halogens is 2. The molecule has 3 fully saturated rings.